The van der Waals surface area contributed by atoms with Crippen molar-refractivity contribution in [1.29, 1.82) is 0 Å². The van der Waals surface area contributed by atoms with Crippen LogP contribution in [0.1, 0.15) is 6.23 Å². The van der Waals surface area contributed by atoms with Crippen molar-refractivity contribution in [3.63, 3.8) is 0 Å². The van der Waals surface area contributed by atoms with E-state index in [1.54, 1.807) is 6.08 Å². The molecule has 0 spiro atoms. The molecule has 21 heavy (non-hydrogen) atoms. The monoisotopic (exact) mass is 390 g/mol. The van der Waals surface area contributed by atoms with Gasteiger partial charge in [-0.05, 0) is 16.9 Å². The molecule has 0 amide bonds. The summed E-state index contributed by atoms with van der Waals surface area (Å²) < 4.78 is 5.18. The molecule has 0 aromatic carbocycles. The van der Waals surface area contributed by atoms with Crippen molar-refractivity contribution in [3.05, 3.63) is 44.1 Å². The standard InChI is InChI=1S/C10H9Cl3N2O4S2/c11-10(12,13)21-20-6-3-5(4-16)19-8(6)15-2-1-7(17)14-9(15)18/h1-3,5,8,16H,4H2,(H,14,17,18)/t5-,8+/m0/s1. The quantitative estimate of drug-likeness (QED) is 0.603. The average Bonchev–Trinajstić information content (AvgIpc) is 2.79. The Labute approximate surface area is 141 Å². The van der Waals surface area contributed by atoms with Crippen LogP contribution in [0.2, 0.25) is 0 Å². The van der Waals surface area contributed by atoms with Crippen molar-refractivity contribution in [2.75, 3.05) is 6.61 Å². The Hall–Kier alpha value is -0.0900. The number of halogens is 3. The van der Waals surface area contributed by atoms with Crippen molar-refractivity contribution in [1.82, 2.24) is 9.55 Å². The lowest BCUT2D eigenvalue weighted by Crippen LogP contribution is -2.32. The molecule has 0 unspecified atom stereocenters. The lowest BCUT2D eigenvalue weighted by atomic mass is 10.4. The van der Waals surface area contributed by atoms with Crippen LogP contribution in [-0.2, 0) is 4.74 Å². The molecule has 1 aromatic heterocycles. The van der Waals surface area contributed by atoms with Crippen LogP contribution < -0.4 is 11.2 Å². The van der Waals surface area contributed by atoms with Gasteiger partial charge in [0.05, 0.1) is 6.61 Å². The predicted octanol–water partition coefficient (Wildman–Crippen LogP) is 2.02. The number of ether oxygens (including phenoxy) is 1. The Balaban J connectivity index is 2.26. The fourth-order valence-electron chi connectivity index (χ4n) is 1.61. The van der Waals surface area contributed by atoms with E-state index in [4.69, 9.17) is 39.5 Å². The zero-order valence-corrected chi connectivity index (χ0v) is 14.1. The van der Waals surface area contributed by atoms with Gasteiger partial charge in [0.25, 0.3) is 5.56 Å². The van der Waals surface area contributed by atoms with Crippen molar-refractivity contribution >= 4 is 56.4 Å². The molecule has 2 rings (SSSR count). The first-order valence-corrected chi connectivity index (χ1v) is 8.80. The van der Waals surface area contributed by atoms with Gasteiger partial charge in [-0.3, -0.25) is 14.3 Å². The number of aliphatic hydroxyl groups is 1. The summed E-state index contributed by atoms with van der Waals surface area (Å²) in [6.45, 7) is -0.253. The molecule has 1 aromatic rings. The Morgan fingerprint density at radius 1 is 1.43 bits per heavy atom. The number of alkyl halides is 3. The van der Waals surface area contributed by atoms with Crippen LogP contribution in [0.25, 0.3) is 0 Å². The maximum atomic E-state index is 11.8. The third-order valence-electron chi connectivity index (χ3n) is 2.41. The zero-order valence-electron chi connectivity index (χ0n) is 10.2. The minimum absolute atomic E-state index is 0.253. The minimum Gasteiger partial charge on any atom is -0.393 e. The van der Waals surface area contributed by atoms with Gasteiger partial charge in [0, 0.05) is 17.2 Å². The number of nitrogens with zero attached hydrogens (tertiary/aromatic N) is 1. The van der Waals surface area contributed by atoms with Crippen molar-refractivity contribution in [2.24, 2.45) is 0 Å². The largest absolute Gasteiger partial charge is 0.393 e. The lowest BCUT2D eigenvalue weighted by molar-refractivity contribution is -0.0115. The van der Waals surface area contributed by atoms with E-state index in [9.17, 15) is 14.7 Å². The Bertz CT molecular complexity index is 655. The zero-order chi connectivity index (χ0) is 15.6. The van der Waals surface area contributed by atoms with E-state index in [1.807, 2.05) is 0 Å². The van der Waals surface area contributed by atoms with Gasteiger partial charge in [0.1, 0.15) is 6.10 Å². The SMILES string of the molecule is O=c1ccn([C@@H]2O[C@H](CO)C=C2SSC(Cl)(Cl)Cl)c(=O)[nH]1. The van der Waals surface area contributed by atoms with Crippen LogP contribution in [0, 0.1) is 0 Å². The van der Waals surface area contributed by atoms with E-state index in [-0.39, 0.29) is 6.61 Å². The van der Waals surface area contributed by atoms with E-state index in [0.29, 0.717) is 4.91 Å². The number of H-pyrrole nitrogens is 1. The molecule has 2 heterocycles. The first-order chi connectivity index (χ1) is 9.80. The lowest BCUT2D eigenvalue weighted by Gasteiger charge is -2.18. The van der Waals surface area contributed by atoms with Crippen molar-refractivity contribution in [3.8, 4) is 0 Å². The molecule has 1 aliphatic rings. The number of aromatic nitrogens is 2. The number of rotatable bonds is 4. The van der Waals surface area contributed by atoms with Gasteiger partial charge in [0.2, 0.25) is 3.12 Å². The Morgan fingerprint density at radius 2 is 2.14 bits per heavy atom. The highest BCUT2D eigenvalue weighted by molar-refractivity contribution is 8.79. The predicted molar refractivity (Wildman–Crippen MR) is 85.9 cm³/mol. The smallest absolute Gasteiger partial charge is 0.330 e. The van der Waals surface area contributed by atoms with Gasteiger partial charge in [-0.25, -0.2) is 4.79 Å². The molecule has 0 radical (unpaired) electrons. The number of hydrogen-bond donors (Lipinski definition) is 2. The molecule has 11 heteroatoms. The fraction of sp³-hybridized carbons (Fsp3) is 0.400. The molecule has 0 fully saturated rings. The Kier molecular flexibility index (Phi) is 5.75. The van der Waals surface area contributed by atoms with Crippen LogP contribution in [0.4, 0.5) is 0 Å². The fourth-order valence-corrected chi connectivity index (χ4v) is 4.10. The summed E-state index contributed by atoms with van der Waals surface area (Å²) in [6.07, 6.45) is 1.57. The van der Waals surface area contributed by atoms with E-state index in [2.05, 4.69) is 4.98 Å². The van der Waals surface area contributed by atoms with E-state index in [1.165, 1.54) is 16.8 Å². The second-order valence-corrected chi connectivity index (χ2v) is 9.28. The summed E-state index contributed by atoms with van der Waals surface area (Å²) in [5.41, 5.74) is -1.14. The molecule has 2 atom stereocenters. The van der Waals surface area contributed by atoms with Gasteiger partial charge < -0.3 is 9.84 Å². The van der Waals surface area contributed by atoms with Crippen molar-refractivity contribution < 1.29 is 9.84 Å². The van der Waals surface area contributed by atoms with Gasteiger partial charge in [-0.15, -0.1) is 0 Å². The second kappa shape index (κ2) is 6.99. The number of aliphatic hydroxyl groups excluding tert-OH is 1. The molecular weight excluding hydrogens is 383 g/mol. The number of aromatic amines is 1. The topological polar surface area (TPSA) is 84.3 Å². The normalized spacial score (nSPS) is 22.4. The summed E-state index contributed by atoms with van der Waals surface area (Å²) in [5.74, 6) is 0. The van der Waals surface area contributed by atoms with Crippen LogP contribution in [0.15, 0.2) is 32.8 Å². The summed E-state index contributed by atoms with van der Waals surface area (Å²) in [4.78, 5) is 25.6. The Morgan fingerprint density at radius 3 is 2.71 bits per heavy atom. The van der Waals surface area contributed by atoms with Crippen molar-refractivity contribution in [2.45, 2.75) is 15.5 Å². The van der Waals surface area contributed by atoms with E-state index < -0.39 is 26.7 Å². The molecule has 116 valence electrons. The van der Waals surface area contributed by atoms with Crippen LogP contribution in [-0.4, -0.2) is 30.5 Å². The first-order valence-electron chi connectivity index (χ1n) is 5.52. The molecule has 0 aliphatic carbocycles. The second-order valence-electron chi connectivity index (χ2n) is 3.91. The van der Waals surface area contributed by atoms with Crippen LogP contribution in [0.3, 0.4) is 0 Å². The van der Waals surface area contributed by atoms with Gasteiger partial charge in [-0.1, -0.05) is 45.6 Å². The highest BCUT2D eigenvalue weighted by Gasteiger charge is 2.32. The van der Waals surface area contributed by atoms with E-state index in [0.717, 1.165) is 21.6 Å². The molecule has 0 bridgehead atoms. The molecular formula is C10H9Cl3N2O4S2. The van der Waals surface area contributed by atoms with E-state index >= 15 is 0 Å². The summed E-state index contributed by atoms with van der Waals surface area (Å²) in [6, 6.07) is 1.20. The number of hydrogen-bond acceptors (Lipinski definition) is 6. The maximum absolute atomic E-state index is 11.8. The highest BCUT2D eigenvalue weighted by Crippen LogP contribution is 2.52. The first kappa shape index (κ1) is 17.3. The molecule has 0 saturated heterocycles. The average molecular weight is 392 g/mol. The summed E-state index contributed by atoms with van der Waals surface area (Å²) in [7, 11) is 2.07. The van der Waals surface area contributed by atoms with Gasteiger partial charge in [0.15, 0.2) is 6.23 Å². The third-order valence-corrected chi connectivity index (χ3v) is 6.31. The summed E-state index contributed by atoms with van der Waals surface area (Å²) in [5, 5.41) is 9.18. The van der Waals surface area contributed by atoms with Crippen LogP contribution >= 0.6 is 56.4 Å². The molecule has 0 saturated carbocycles. The minimum atomic E-state index is -1.54. The summed E-state index contributed by atoms with van der Waals surface area (Å²) >= 11 is 17.0. The third kappa shape index (κ3) is 4.69. The molecule has 1 aliphatic heterocycles. The van der Waals surface area contributed by atoms with Gasteiger partial charge >= 0.3 is 5.69 Å². The molecule has 6 nitrogen and oxygen atoms in total. The number of nitrogens with one attached hydrogen (secondary N) is 1. The van der Waals surface area contributed by atoms with Crippen LogP contribution in [0.5, 0.6) is 0 Å². The maximum Gasteiger partial charge on any atom is 0.330 e. The molecule has 2 N–H and O–H groups in total. The highest BCUT2D eigenvalue weighted by atomic mass is 35.6. The van der Waals surface area contributed by atoms with Gasteiger partial charge in [-0.2, -0.15) is 0 Å².